The van der Waals surface area contributed by atoms with E-state index in [0.717, 1.165) is 4.31 Å². The normalized spacial score (nSPS) is 10.6. The Kier molecular flexibility index (Phi) is 5.53. The Morgan fingerprint density at radius 1 is 1.42 bits per heavy atom. The number of hydrogen-bond donors (Lipinski definition) is 1. The number of benzene rings is 1. The summed E-state index contributed by atoms with van der Waals surface area (Å²) >= 11 is 0. The molecule has 0 radical (unpaired) electrons. The summed E-state index contributed by atoms with van der Waals surface area (Å²) in [5, 5.41) is 8.49. The zero-order valence-corrected chi connectivity index (χ0v) is 11.4. The van der Waals surface area contributed by atoms with Crippen LogP contribution in [-0.2, 0) is 10.0 Å². The Balaban J connectivity index is 3.05. The van der Waals surface area contributed by atoms with E-state index >= 15 is 0 Å². The summed E-state index contributed by atoms with van der Waals surface area (Å²) in [4.78, 5) is 0.164. The van der Waals surface area contributed by atoms with E-state index in [2.05, 4.69) is 11.8 Å². The summed E-state index contributed by atoms with van der Waals surface area (Å²) in [5.41, 5.74) is 5.87. The van der Waals surface area contributed by atoms with E-state index in [1.165, 1.54) is 19.2 Å². The number of rotatable bonds is 4. The molecule has 1 rings (SSSR count). The summed E-state index contributed by atoms with van der Waals surface area (Å²) in [6.45, 7) is 0.386. The summed E-state index contributed by atoms with van der Waals surface area (Å²) in [6, 6.07) is 8.28. The highest BCUT2D eigenvalue weighted by molar-refractivity contribution is 7.89. The minimum absolute atomic E-state index is 0.155. The van der Waals surface area contributed by atoms with E-state index in [9.17, 15) is 8.42 Å². The molecule has 0 unspecified atom stereocenters. The van der Waals surface area contributed by atoms with E-state index in [0.29, 0.717) is 5.56 Å². The summed E-state index contributed by atoms with van der Waals surface area (Å²) in [6.07, 6.45) is 0.155. The van der Waals surface area contributed by atoms with Crippen LogP contribution in [0.5, 0.6) is 0 Å². The van der Waals surface area contributed by atoms with Crippen molar-refractivity contribution in [1.82, 2.24) is 4.31 Å². The minimum Gasteiger partial charge on any atom is -0.320 e. The molecular formula is C13H15N3O2S. The van der Waals surface area contributed by atoms with Crippen LogP contribution in [0.3, 0.4) is 0 Å². The van der Waals surface area contributed by atoms with Crippen LogP contribution in [0.25, 0.3) is 0 Å². The first-order chi connectivity index (χ1) is 9.02. The average Bonchev–Trinajstić information content (AvgIpc) is 2.42. The van der Waals surface area contributed by atoms with Gasteiger partial charge in [0.15, 0.2) is 0 Å². The van der Waals surface area contributed by atoms with Crippen LogP contribution < -0.4 is 5.73 Å². The molecule has 19 heavy (non-hydrogen) atoms. The molecule has 0 saturated heterocycles. The van der Waals surface area contributed by atoms with Gasteiger partial charge in [0.25, 0.3) is 0 Å². The SMILES string of the molecule is CN(CCC#N)S(=O)(=O)c1cccc(C#CCN)c1. The molecule has 0 spiro atoms. The highest BCUT2D eigenvalue weighted by Gasteiger charge is 2.20. The number of sulfonamides is 1. The van der Waals surface area contributed by atoms with Crippen molar-refractivity contribution in [1.29, 1.82) is 5.26 Å². The molecular weight excluding hydrogens is 262 g/mol. The molecule has 0 heterocycles. The maximum Gasteiger partial charge on any atom is 0.242 e. The Labute approximate surface area is 113 Å². The maximum atomic E-state index is 12.2. The van der Waals surface area contributed by atoms with Crippen LogP contribution in [0.2, 0.25) is 0 Å². The van der Waals surface area contributed by atoms with Gasteiger partial charge in [-0.25, -0.2) is 8.42 Å². The third-order valence-electron chi connectivity index (χ3n) is 2.42. The first-order valence-electron chi connectivity index (χ1n) is 5.64. The number of nitriles is 1. The summed E-state index contributed by atoms with van der Waals surface area (Å²) in [5.74, 6) is 5.46. The lowest BCUT2D eigenvalue weighted by molar-refractivity contribution is 0.476. The van der Waals surface area contributed by atoms with Gasteiger partial charge in [-0.1, -0.05) is 17.9 Å². The Bertz CT molecular complexity index is 636. The molecule has 6 heteroatoms. The summed E-state index contributed by atoms with van der Waals surface area (Å²) in [7, 11) is -2.13. The van der Waals surface area contributed by atoms with Gasteiger partial charge in [0, 0.05) is 25.6 Å². The lowest BCUT2D eigenvalue weighted by atomic mass is 10.2. The summed E-state index contributed by atoms with van der Waals surface area (Å²) < 4.78 is 25.6. The first-order valence-corrected chi connectivity index (χ1v) is 7.08. The fraction of sp³-hybridized carbons (Fsp3) is 0.308. The molecule has 0 bridgehead atoms. The molecule has 1 aromatic carbocycles. The van der Waals surface area contributed by atoms with Gasteiger partial charge in [-0.2, -0.15) is 9.57 Å². The lowest BCUT2D eigenvalue weighted by Gasteiger charge is -2.15. The largest absolute Gasteiger partial charge is 0.320 e. The minimum atomic E-state index is -3.58. The molecule has 1 aromatic rings. The van der Waals surface area contributed by atoms with E-state index in [1.807, 2.05) is 6.07 Å². The number of nitrogens with zero attached hydrogens (tertiary/aromatic N) is 2. The molecule has 0 aliphatic carbocycles. The molecule has 0 fully saturated rings. The predicted octanol–water partition coefficient (Wildman–Crippen LogP) is 0.531. The standard InChI is InChI=1S/C13H15N3O2S/c1-16(10-4-9-15)19(17,18)13-7-2-5-12(11-13)6-3-8-14/h2,5,7,11H,4,8,10,14H2,1H3. The van der Waals surface area contributed by atoms with Gasteiger partial charge in [-0.05, 0) is 18.2 Å². The molecule has 0 aliphatic heterocycles. The van der Waals surface area contributed by atoms with E-state index in [1.54, 1.807) is 12.1 Å². The monoisotopic (exact) mass is 277 g/mol. The molecule has 0 saturated carbocycles. The van der Waals surface area contributed by atoms with Gasteiger partial charge < -0.3 is 5.73 Å². The second kappa shape index (κ2) is 6.91. The van der Waals surface area contributed by atoms with Crippen molar-refractivity contribution < 1.29 is 8.42 Å². The second-order valence-corrected chi connectivity index (χ2v) is 5.81. The van der Waals surface area contributed by atoms with Gasteiger partial charge in [0.05, 0.1) is 17.5 Å². The van der Waals surface area contributed by atoms with Crippen LogP contribution in [0.15, 0.2) is 29.2 Å². The van der Waals surface area contributed by atoms with Gasteiger partial charge >= 0.3 is 0 Å². The molecule has 0 amide bonds. The van der Waals surface area contributed by atoms with Crippen molar-refractivity contribution in [2.75, 3.05) is 20.1 Å². The van der Waals surface area contributed by atoms with Crippen LogP contribution in [0, 0.1) is 23.2 Å². The van der Waals surface area contributed by atoms with Crippen molar-refractivity contribution in [2.45, 2.75) is 11.3 Å². The zero-order valence-electron chi connectivity index (χ0n) is 10.6. The molecule has 5 nitrogen and oxygen atoms in total. The average molecular weight is 277 g/mol. The topological polar surface area (TPSA) is 87.2 Å². The highest BCUT2D eigenvalue weighted by atomic mass is 32.2. The first kappa shape index (κ1) is 15.2. The maximum absolute atomic E-state index is 12.2. The van der Waals surface area contributed by atoms with Gasteiger partial charge in [-0.3, -0.25) is 0 Å². The fourth-order valence-corrected chi connectivity index (χ4v) is 2.61. The number of nitrogens with two attached hydrogens (primary N) is 1. The van der Waals surface area contributed by atoms with Crippen molar-refractivity contribution in [2.24, 2.45) is 5.73 Å². The van der Waals surface area contributed by atoms with Gasteiger partial charge in [0.1, 0.15) is 0 Å². The van der Waals surface area contributed by atoms with Crippen molar-refractivity contribution in [3.63, 3.8) is 0 Å². The zero-order chi connectivity index (χ0) is 14.3. The van der Waals surface area contributed by atoms with E-state index in [4.69, 9.17) is 11.0 Å². The third-order valence-corrected chi connectivity index (χ3v) is 4.27. The van der Waals surface area contributed by atoms with Crippen LogP contribution >= 0.6 is 0 Å². The van der Waals surface area contributed by atoms with Crippen LogP contribution in [0.1, 0.15) is 12.0 Å². The Morgan fingerprint density at radius 2 is 2.16 bits per heavy atom. The third kappa shape index (κ3) is 4.08. The molecule has 0 atom stereocenters. The number of hydrogen-bond acceptors (Lipinski definition) is 4. The van der Waals surface area contributed by atoms with E-state index in [-0.39, 0.29) is 24.4 Å². The van der Waals surface area contributed by atoms with Crippen molar-refractivity contribution >= 4 is 10.0 Å². The Hall–Kier alpha value is -1.86. The molecule has 100 valence electrons. The van der Waals surface area contributed by atoms with E-state index < -0.39 is 10.0 Å². The molecule has 0 aromatic heterocycles. The van der Waals surface area contributed by atoms with Crippen molar-refractivity contribution in [3.8, 4) is 17.9 Å². The van der Waals surface area contributed by atoms with Gasteiger partial charge in [-0.15, -0.1) is 0 Å². The van der Waals surface area contributed by atoms with Crippen molar-refractivity contribution in [3.05, 3.63) is 29.8 Å². The fourth-order valence-electron chi connectivity index (χ4n) is 1.39. The smallest absolute Gasteiger partial charge is 0.242 e. The molecule has 2 N–H and O–H groups in total. The van der Waals surface area contributed by atoms with Crippen LogP contribution in [0.4, 0.5) is 0 Å². The lowest BCUT2D eigenvalue weighted by Crippen LogP contribution is -2.27. The van der Waals surface area contributed by atoms with Crippen LogP contribution in [-0.4, -0.2) is 32.9 Å². The van der Waals surface area contributed by atoms with Gasteiger partial charge in [0.2, 0.25) is 10.0 Å². The quantitative estimate of drug-likeness (QED) is 0.813. The highest BCUT2D eigenvalue weighted by Crippen LogP contribution is 2.15. The second-order valence-electron chi connectivity index (χ2n) is 3.77. The molecule has 0 aliphatic rings. The Morgan fingerprint density at radius 3 is 2.79 bits per heavy atom. The predicted molar refractivity (Wildman–Crippen MR) is 72.4 cm³/mol.